The summed E-state index contributed by atoms with van der Waals surface area (Å²) >= 11 is 0. The highest BCUT2D eigenvalue weighted by Crippen LogP contribution is 2.33. The molecular weight excluding hydrogens is 426 g/mol. The Hall–Kier alpha value is -1.63. The SMILES string of the molecule is CCOCCCOC(c1ccccc1)C1CCCN(C(=O)NC(CNC)CC2CCCCC2)C1. The summed E-state index contributed by atoms with van der Waals surface area (Å²) in [7, 11) is 1.98. The average molecular weight is 474 g/mol. The molecule has 1 aromatic carbocycles. The molecule has 192 valence electrons. The number of hydrogen-bond donors (Lipinski definition) is 2. The number of likely N-dealkylation sites (N-methyl/N-ethyl adjacent to an activating group) is 1. The van der Waals surface area contributed by atoms with Crippen molar-refractivity contribution in [3.63, 3.8) is 0 Å². The number of carbonyl (C=O) groups excluding carboxylic acids is 1. The topological polar surface area (TPSA) is 62.8 Å². The number of hydrogen-bond acceptors (Lipinski definition) is 4. The zero-order chi connectivity index (χ0) is 24.0. The second kappa shape index (κ2) is 15.4. The minimum absolute atomic E-state index is 0.00812. The molecule has 6 nitrogen and oxygen atoms in total. The lowest BCUT2D eigenvalue weighted by molar-refractivity contribution is -0.0184. The molecular formula is C28H47N3O3. The van der Waals surface area contributed by atoms with E-state index in [1.54, 1.807) is 0 Å². The minimum atomic E-state index is 0.00812. The highest BCUT2D eigenvalue weighted by molar-refractivity contribution is 5.74. The van der Waals surface area contributed by atoms with Crippen LogP contribution in [0.3, 0.4) is 0 Å². The standard InChI is InChI=1S/C28H47N3O3/c1-3-33-18-11-19-34-27(24-14-8-5-9-15-24)25-16-10-17-31(22-25)28(32)30-26(21-29-2)20-23-12-6-4-7-13-23/h5,8-9,14-15,23,25-27,29H,3-4,6-7,10-13,16-22H2,1-2H3,(H,30,32). The number of benzene rings is 1. The highest BCUT2D eigenvalue weighted by atomic mass is 16.5. The Morgan fingerprint density at radius 3 is 2.62 bits per heavy atom. The second-order valence-electron chi connectivity index (χ2n) is 10.0. The van der Waals surface area contributed by atoms with Crippen molar-refractivity contribution >= 4 is 6.03 Å². The van der Waals surface area contributed by atoms with Crippen molar-refractivity contribution in [1.29, 1.82) is 0 Å². The van der Waals surface area contributed by atoms with Gasteiger partial charge in [-0.3, -0.25) is 0 Å². The van der Waals surface area contributed by atoms with E-state index in [0.717, 1.165) is 64.4 Å². The molecule has 2 amide bonds. The number of ether oxygens (including phenoxy) is 2. The molecule has 2 aliphatic rings. The molecule has 1 heterocycles. The van der Waals surface area contributed by atoms with Gasteiger partial charge >= 0.3 is 6.03 Å². The van der Waals surface area contributed by atoms with Crippen LogP contribution in [-0.2, 0) is 9.47 Å². The van der Waals surface area contributed by atoms with Crippen molar-refractivity contribution in [2.45, 2.75) is 76.9 Å². The van der Waals surface area contributed by atoms with E-state index in [-0.39, 0.29) is 18.2 Å². The molecule has 0 aromatic heterocycles. The number of rotatable bonds is 13. The van der Waals surface area contributed by atoms with E-state index in [0.29, 0.717) is 12.5 Å². The predicted octanol–water partition coefficient (Wildman–Crippen LogP) is 5.15. The van der Waals surface area contributed by atoms with Crippen molar-refractivity contribution in [2.75, 3.05) is 46.5 Å². The molecule has 3 rings (SSSR count). The largest absolute Gasteiger partial charge is 0.382 e. The zero-order valence-corrected chi connectivity index (χ0v) is 21.5. The minimum Gasteiger partial charge on any atom is -0.382 e. The van der Waals surface area contributed by atoms with Gasteiger partial charge in [-0.2, -0.15) is 0 Å². The van der Waals surface area contributed by atoms with Gasteiger partial charge in [-0.05, 0) is 51.1 Å². The Balaban J connectivity index is 1.58. The van der Waals surface area contributed by atoms with Crippen LogP contribution in [0.25, 0.3) is 0 Å². The first-order valence-electron chi connectivity index (χ1n) is 13.7. The fourth-order valence-electron chi connectivity index (χ4n) is 5.64. The Kier molecular flexibility index (Phi) is 12.2. The van der Waals surface area contributed by atoms with Crippen LogP contribution in [0.5, 0.6) is 0 Å². The quantitative estimate of drug-likeness (QED) is 0.389. The molecule has 3 atom stereocenters. The van der Waals surface area contributed by atoms with Crippen LogP contribution >= 0.6 is 0 Å². The number of nitrogens with one attached hydrogen (secondary N) is 2. The monoisotopic (exact) mass is 473 g/mol. The predicted molar refractivity (Wildman–Crippen MR) is 138 cm³/mol. The molecule has 0 bridgehead atoms. The first-order valence-corrected chi connectivity index (χ1v) is 13.7. The van der Waals surface area contributed by atoms with Gasteiger partial charge in [0.15, 0.2) is 0 Å². The molecule has 2 fully saturated rings. The summed E-state index contributed by atoms with van der Waals surface area (Å²) in [5.74, 6) is 1.05. The third kappa shape index (κ3) is 8.86. The normalized spacial score (nSPS) is 21.2. The third-order valence-corrected chi connectivity index (χ3v) is 7.36. The summed E-state index contributed by atoms with van der Waals surface area (Å²) in [5, 5.41) is 6.66. The Bertz CT molecular complexity index is 681. The molecule has 0 spiro atoms. The number of likely N-dealkylation sites (tertiary alicyclic amines) is 1. The van der Waals surface area contributed by atoms with Gasteiger partial charge in [0.05, 0.1) is 6.10 Å². The van der Waals surface area contributed by atoms with E-state index < -0.39 is 0 Å². The molecule has 1 aliphatic carbocycles. The smallest absolute Gasteiger partial charge is 0.317 e. The number of carbonyl (C=O) groups is 1. The first-order chi connectivity index (χ1) is 16.7. The van der Waals surface area contributed by atoms with E-state index in [1.165, 1.54) is 37.7 Å². The van der Waals surface area contributed by atoms with E-state index in [2.05, 4.69) is 34.9 Å². The molecule has 34 heavy (non-hydrogen) atoms. The molecule has 1 saturated heterocycles. The van der Waals surface area contributed by atoms with Gasteiger partial charge in [0, 0.05) is 51.4 Å². The Morgan fingerprint density at radius 1 is 1.09 bits per heavy atom. The van der Waals surface area contributed by atoms with E-state index in [4.69, 9.17) is 9.47 Å². The summed E-state index contributed by atoms with van der Waals surface area (Å²) in [6, 6.07) is 10.8. The zero-order valence-electron chi connectivity index (χ0n) is 21.5. The van der Waals surface area contributed by atoms with Crippen molar-refractivity contribution in [3.8, 4) is 0 Å². The van der Waals surface area contributed by atoms with Gasteiger partial charge in [-0.25, -0.2) is 4.79 Å². The molecule has 1 saturated carbocycles. The third-order valence-electron chi connectivity index (χ3n) is 7.36. The lowest BCUT2D eigenvalue weighted by atomic mass is 9.85. The molecule has 6 heteroatoms. The highest BCUT2D eigenvalue weighted by Gasteiger charge is 2.32. The van der Waals surface area contributed by atoms with Gasteiger partial charge in [-0.1, -0.05) is 62.4 Å². The number of nitrogens with zero attached hydrogens (tertiary/aromatic N) is 1. The fraction of sp³-hybridized carbons (Fsp3) is 0.750. The van der Waals surface area contributed by atoms with Gasteiger partial charge in [-0.15, -0.1) is 0 Å². The molecule has 2 N–H and O–H groups in total. The maximum Gasteiger partial charge on any atom is 0.317 e. The van der Waals surface area contributed by atoms with E-state index in [1.807, 2.05) is 24.9 Å². The number of piperidine rings is 1. The molecule has 1 aromatic rings. The van der Waals surface area contributed by atoms with Crippen molar-refractivity contribution in [3.05, 3.63) is 35.9 Å². The van der Waals surface area contributed by atoms with Crippen molar-refractivity contribution in [1.82, 2.24) is 15.5 Å². The molecule has 1 aliphatic heterocycles. The summed E-state index contributed by atoms with van der Waals surface area (Å²) in [6.45, 7) is 6.56. The van der Waals surface area contributed by atoms with Crippen LogP contribution in [0.1, 0.15) is 76.4 Å². The lowest BCUT2D eigenvalue weighted by Gasteiger charge is -2.38. The summed E-state index contributed by atoms with van der Waals surface area (Å²) < 4.78 is 11.9. The Labute approximate surface area is 207 Å². The number of urea groups is 1. The van der Waals surface area contributed by atoms with Gasteiger partial charge in [0.1, 0.15) is 0 Å². The number of amides is 2. The summed E-state index contributed by atoms with van der Waals surface area (Å²) in [4.78, 5) is 15.3. The summed E-state index contributed by atoms with van der Waals surface area (Å²) in [6.07, 6.45) is 10.7. The van der Waals surface area contributed by atoms with Crippen LogP contribution in [0.2, 0.25) is 0 Å². The molecule has 0 radical (unpaired) electrons. The lowest BCUT2D eigenvalue weighted by Crippen LogP contribution is -2.52. The van der Waals surface area contributed by atoms with E-state index in [9.17, 15) is 4.79 Å². The van der Waals surface area contributed by atoms with Crippen LogP contribution in [0.4, 0.5) is 4.79 Å². The van der Waals surface area contributed by atoms with Crippen molar-refractivity contribution in [2.24, 2.45) is 11.8 Å². The fourth-order valence-corrected chi connectivity index (χ4v) is 5.64. The summed E-state index contributed by atoms with van der Waals surface area (Å²) in [5.41, 5.74) is 1.21. The van der Waals surface area contributed by atoms with Crippen LogP contribution in [0, 0.1) is 11.8 Å². The van der Waals surface area contributed by atoms with Gasteiger partial charge in [0.25, 0.3) is 0 Å². The van der Waals surface area contributed by atoms with Crippen LogP contribution in [-0.4, -0.2) is 63.5 Å². The molecule has 3 unspecified atom stereocenters. The maximum atomic E-state index is 13.3. The van der Waals surface area contributed by atoms with Crippen LogP contribution < -0.4 is 10.6 Å². The average Bonchev–Trinajstić information content (AvgIpc) is 2.87. The van der Waals surface area contributed by atoms with Crippen LogP contribution in [0.15, 0.2) is 30.3 Å². The van der Waals surface area contributed by atoms with Gasteiger partial charge in [0.2, 0.25) is 0 Å². The van der Waals surface area contributed by atoms with E-state index >= 15 is 0 Å². The van der Waals surface area contributed by atoms with Crippen molar-refractivity contribution < 1.29 is 14.3 Å². The first kappa shape index (κ1) is 27.0. The van der Waals surface area contributed by atoms with Gasteiger partial charge < -0.3 is 25.0 Å². The second-order valence-corrected chi connectivity index (χ2v) is 10.0. The maximum absolute atomic E-state index is 13.3. The Morgan fingerprint density at radius 2 is 1.88 bits per heavy atom.